The third kappa shape index (κ3) is 3.57. The highest BCUT2D eigenvalue weighted by atomic mass is 28.3. The maximum absolute atomic E-state index is 11.4. The second kappa shape index (κ2) is 7.26. The zero-order valence-electron chi connectivity index (χ0n) is 14.7. The van der Waals surface area contributed by atoms with Gasteiger partial charge < -0.3 is 4.23 Å². The first-order valence-electron chi connectivity index (χ1n) is 8.16. The van der Waals surface area contributed by atoms with Crippen molar-refractivity contribution in [3.8, 4) is 0 Å². The van der Waals surface area contributed by atoms with Crippen molar-refractivity contribution in [2.45, 2.75) is 71.5 Å². The van der Waals surface area contributed by atoms with Crippen molar-refractivity contribution in [2.75, 3.05) is 0 Å². The minimum absolute atomic E-state index is 0.183. The Hall–Kier alpha value is -1.09. The molecule has 21 heavy (non-hydrogen) atoms. The molecule has 0 fully saturated rings. The summed E-state index contributed by atoms with van der Waals surface area (Å²) in [6.07, 6.45) is 8.68. The number of hydrogen-bond donors (Lipinski definition) is 0. The molecule has 0 spiro atoms. The van der Waals surface area contributed by atoms with E-state index in [9.17, 15) is 4.79 Å². The van der Waals surface area contributed by atoms with Crippen LogP contribution in [0, 0.1) is 0 Å². The Balaban J connectivity index is 3.20. The first kappa shape index (κ1) is 18.0. The lowest BCUT2D eigenvalue weighted by molar-refractivity contribution is -0.114. The number of carbonyl (C=O) groups excluding carboxylic acids is 1. The number of carbonyl (C=O) groups is 1. The molecular weight excluding hydrogens is 274 g/mol. The molecule has 0 aliphatic heterocycles. The lowest BCUT2D eigenvalue weighted by Gasteiger charge is -2.44. The van der Waals surface area contributed by atoms with Gasteiger partial charge >= 0.3 is 0 Å². The Morgan fingerprint density at radius 2 is 1.67 bits per heavy atom. The fourth-order valence-electron chi connectivity index (χ4n) is 3.95. The Morgan fingerprint density at radius 3 is 2.10 bits per heavy atom. The van der Waals surface area contributed by atoms with Crippen LogP contribution in [0.4, 0.5) is 0 Å². The van der Waals surface area contributed by atoms with Crippen molar-refractivity contribution in [1.29, 1.82) is 0 Å². The molecule has 0 saturated carbocycles. The molecule has 1 aromatic rings. The zero-order chi connectivity index (χ0) is 16.2. The zero-order valence-corrected chi connectivity index (χ0v) is 15.7. The molecule has 0 saturated heterocycles. The van der Waals surface area contributed by atoms with Gasteiger partial charge in [0.2, 0.25) is 0 Å². The number of allylic oxidation sites excluding steroid dienone is 1. The average Bonchev–Trinajstić information content (AvgIpc) is 2.84. The van der Waals surface area contributed by atoms with Crippen LogP contribution >= 0.6 is 0 Å². The standard InChI is InChI=1S/C18H31NOSi/c1-8-18(20)10-9-17-11-12-19(13-17)21(14(2)3,15(4)5)16(6)7/h9-16H,8H2,1-7H3/b10-9+. The van der Waals surface area contributed by atoms with E-state index in [4.69, 9.17) is 0 Å². The molecule has 0 N–H and O–H groups in total. The van der Waals surface area contributed by atoms with Crippen molar-refractivity contribution in [1.82, 2.24) is 4.23 Å². The third-order valence-corrected chi connectivity index (χ3v) is 11.5. The van der Waals surface area contributed by atoms with E-state index in [1.807, 2.05) is 13.0 Å². The molecular formula is C18H31NOSi. The van der Waals surface area contributed by atoms with Crippen molar-refractivity contribution in [2.24, 2.45) is 0 Å². The summed E-state index contributed by atoms with van der Waals surface area (Å²) in [6.45, 7) is 16.1. The summed E-state index contributed by atoms with van der Waals surface area (Å²) < 4.78 is 2.50. The molecule has 1 heterocycles. The summed E-state index contributed by atoms with van der Waals surface area (Å²) in [5, 5.41) is 0. The van der Waals surface area contributed by atoms with E-state index in [-0.39, 0.29) is 5.78 Å². The second-order valence-corrected chi connectivity index (χ2v) is 12.6. The van der Waals surface area contributed by atoms with Crippen LogP contribution in [0.1, 0.15) is 60.5 Å². The van der Waals surface area contributed by atoms with Crippen molar-refractivity contribution < 1.29 is 4.79 Å². The van der Waals surface area contributed by atoms with E-state index in [0.717, 1.165) is 5.56 Å². The van der Waals surface area contributed by atoms with Crippen molar-refractivity contribution in [3.05, 3.63) is 30.1 Å². The predicted octanol–water partition coefficient (Wildman–Crippen LogP) is 5.50. The Morgan fingerprint density at radius 1 is 1.14 bits per heavy atom. The Bertz CT molecular complexity index is 475. The van der Waals surface area contributed by atoms with E-state index >= 15 is 0 Å². The smallest absolute Gasteiger partial charge is 0.168 e. The molecule has 118 valence electrons. The van der Waals surface area contributed by atoms with Crippen LogP contribution in [0.15, 0.2) is 24.5 Å². The van der Waals surface area contributed by atoms with E-state index in [1.165, 1.54) is 0 Å². The summed E-state index contributed by atoms with van der Waals surface area (Å²) in [7, 11) is -1.65. The van der Waals surface area contributed by atoms with E-state index < -0.39 is 8.24 Å². The van der Waals surface area contributed by atoms with E-state index in [0.29, 0.717) is 23.0 Å². The lowest BCUT2D eigenvalue weighted by Crippen LogP contribution is -2.51. The number of aromatic nitrogens is 1. The fraction of sp³-hybridized carbons (Fsp3) is 0.611. The van der Waals surface area contributed by atoms with Gasteiger partial charge in [-0.2, -0.15) is 0 Å². The lowest BCUT2D eigenvalue weighted by atomic mass is 10.2. The van der Waals surface area contributed by atoms with E-state index in [2.05, 4.69) is 64.2 Å². The predicted molar refractivity (Wildman–Crippen MR) is 95.2 cm³/mol. The first-order chi connectivity index (χ1) is 9.76. The van der Waals surface area contributed by atoms with Gasteiger partial charge in [0, 0.05) is 12.6 Å². The van der Waals surface area contributed by atoms with E-state index in [1.54, 1.807) is 6.08 Å². The van der Waals surface area contributed by atoms with Crippen LogP contribution in [-0.4, -0.2) is 18.3 Å². The molecule has 0 unspecified atom stereocenters. The van der Waals surface area contributed by atoms with Gasteiger partial charge in [-0.05, 0) is 46.6 Å². The second-order valence-electron chi connectivity index (χ2n) is 6.86. The van der Waals surface area contributed by atoms with Crippen molar-refractivity contribution >= 4 is 20.1 Å². The molecule has 0 bridgehead atoms. The molecule has 2 nitrogen and oxygen atoms in total. The fourth-order valence-corrected chi connectivity index (χ4v) is 10.4. The van der Waals surface area contributed by atoms with Gasteiger partial charge in [0.1, 0.15) is 0 Å². The summed E-state index contributed by atoms with van der Waals surface area (Å²) in [5.74, 6) is 0.183. The van der Waals surface area contributed by atoms with Gasteiger partial charge in [0.15, 0.2) is 14.0 Å². The van der Waals surface area contributed by atoms with Gasteiger partial charge in [-0.3, -0.25) is 4.79 Å². The Labute approximate surface area is 131 Å². The molecule has 0 aliphatic rings. The molecule has 0 aromatic carbocycles. The topological polar surface area (TPSA) is 22.0 Å². The number of nitrogens with zero attached hydrogens (tertiary/aromatic N) is 1. The molecule has 1 aromatic heterocycles. The van der Waals surface area contributed by atoms with Gasteiger partial charge in [-0.15, -0.1) is 0 Å². The number of rotatable bonds is 7. The van der Waals surface area contributed by atoms with Gasteiger partial charge in [-0.25, -0.2) is 0 Å². The maximum Gasteiger partial charge on any atom is 0.168 e. The highest BCUT2D eigenvalue weighted by molar-refractivity contribution is 6.82. The van der Waals surface area contributed by atoms with Gasteiger partial charge in [0.05, 0.1) is 0 Å². The normalized spacial score (nSPS) is 13.0. The number of hydrogen-bond acceptors (Lipinski definition) is 1. The molecule has 3 heteroatoms. The SMILES string of the molecule is CCC(=O)/C=C/c1ccn([Si](C(C)C)(C(C)C)C(C)C)c1. The quantitative estimate of drug-likeness (QED) is 0.481. The Kier molecular flexibility index (Phi) is 6.20. The van der Waals surface area contributed by atoms with Crippen LogP contribution in [0.5, 0.6) is 0 Å². The molecule has 1 rings (SSSR count). The molecule has 0 amide bonds. The summed E-state index contributed by atoms with van der Waals surface area (Å²) in [5.41, 5.74) is 3.17. The summed E-state index contributed by atoms with van der Waals surface area (Å²) in [6, 6.07) is 2.13. The molecule has 0 atom stereocenters. The maximum atomic E-state index is 11.4. The molecule has 0 radical (unpaired) electrons. The summed E-state index contributed by atoms with van der Waals surface area (Å²) in [4.78, 5) is 11.4. The highest BCUT2D eigenvalue weighted by Crippen LogP contribution is 2.42. The largest absolute Gasteiger partial charge is 0.379 e. The minimum atomic E-state index is -1.65. The van der Waals surface area contributed by atoms with Gasteiger partial charge in [0.25, 0.3) is 0 Å². The van der Waals surface area contributed by atoms with Crippen LogP contribution in [-0.2, 0) is 4.79 Å². The van der Waals surface area contributed by atoms with Crippen LogP contribution < -0.4 is 0 Å². The van der Waals surface area contributed by atoms with Crippen molar-refractivity contribution in [3.63, 3.8) is 0 Å². The average molecular weight is 306 g/mol. The van der Waals surface area contributed by atoms with Crippen LogP contribution in [0.25, 0.3) is 6.08 Å². The first-order valence-corrected chi connectivity index (χ1v) is 10.3. The monoisotopic (exact) mass is 305 g/mol. The highest BCUT2D eigenvalue weighted by Gasteiger charge is 2.44. The third-order valence-electron chi connectivity index (χ3n) is 4.75. The molecule has 0 aliphatic carbocycles. The summed E-state index contributed by atoms with van der Waals surface area (Å²) >= 11 is 0. The van der Waals surface area contributed by atoms with Gasteiger partial charge in [-0.1, -0.05) is 48.5 Å². The minimum Gasteiger partial charge on any atom is -0.379 e. The van der Waals surface area contributed by atoms with Crippen LogP contribution in [0.3, 0.4) is 0 Å². The number of ketones is 1. The van der Waals surface area contributed by atoms with Crippen LogP contribution in [0.2, 0.25) is 16.6 Å².